The van der Waals surface area contributed by atoms with E-state index in [9.17, 15) is 0 Å². The molecule has 3 heteroatoms. The van der Waals surface area contributed by atoms with Crippen LogP contribution in [0, 0.1) is 5.92 Å². The van der Waals surface area contributed by atoms with E-state index in [-0.39, 0.29) is 0 Å². The minimum absolute atomic E-state index is 0.443. The van der Waals surface area contributed by atoms with Crippen LogP contribution in [0.3, 0.4) is 0 Å². The summed E-state index contributed by atoms with van der Waals surface area (Å²) in [6.45, 7) is 0.774. The first-order valence-electron chi connectivity index (χ1n) is 5.73. The molecule has 1 aliphatic rings. The number of methoxy groups -OCH3 is 2. The normalized spacial score (nSPS) is 16.9. The molecule has 0 spiro atoms. The van der Waals surface area contributed by atoms with Gasteiger partial charge in [-0.25, -0.2) is 0 Å². The lowest BCUT2D eigenvalue weighted by Gasteiger charge is -2.18. The van der Waals surface area contributed by atoms with Gasteiger partial charge in [-0.3, -0.25) is 0 Å². The topological polar surface area (TPSA) is 30.5 Å². The van der Waals surface area contributed by atoms with Crippen molar-refractivity contribution in [2.45, 2.75) is 18.9 Å². The molecule has 1 aromatic carbocycles. The van der Waals surface area contributed by atoms with E-state index >= 15 is 0 Å². The third-order valence-corrected chi connectivity index (χ3v) is 2.98. The standard InChI is InChI=1S/C13H19NO2/c1-15-9-13(10-3-4-10)14-11-5-7-12(16-2)8-6-11/h5-8,10,13-14H,3-4,9H2,1-2H3. The molecule has 88 valence electrons. The van der Waals surface area contributed by atoms with Crippen LogP contribution in [0.2, 0.25) is 0 Å². The van der Waals surface area contributed by atoms with Crippen molar-refractivity contribution in [2.24, 2.45) is 5.92 Å². The third kappa shape index (κ3) is 2.89. The first-order chi connectivity index (χ1) is 7.83. The Hall–Kier alpha value is -1.22. The molecule has 1 N–H and O–H groups in total. The second-order valence-corrected chi connectivity index (χ2v) is 4.27. The lowest BCUT2D eigenvalue weighted by molar-refractivity contribution is 0.179. The van der Waals surface area contributed by atoms with E-state index in [4.69, 9.17) is 9.47 Å². The van der Waals surface area contributed by atoms with Crippen LogP contribution in [-0.2, 0) is 4.74 Å². The molecule has 16 heavy (non-hydrogen) atoms. The third-order valence-electron chi connectivity index (χ3n) is 2.98. The molecule has 1 fully saturated rings. The SMILES string of the molecule is COCC(Nc1ccc(OC)cc1)C1CC1. The van der Waals surface area contributed by atoms with E-state index in [2.05, 4.69) is 5.32 Å². The van der Waals surface area contributed by atoms with Crippen molar-refractivity contribution >= 4 is 5.69 Å². The molecule has 0 bridgehead atoms. The van der Waals surface area contributed by atoms with Gasteiger partial charge in [0.2, 0.25) is 0 Å². The fraction of sp³-hybridized carbons (Fsp3) is 0.538. The number of anilines is 1. The zero-order chi connectivity index (χ0) is 11.4. The van der Waals surface area contributed by atoms with Gasteiger partial charge in [-0.2, -0.15) is 0 Å². The smallest absolute Gasteiger partial charge is 0.119 e. The molecule has 1 aliphatic carbocycles. The molecule has 2 rings (SSSR count). The molecule has 0 aromatic heterocycles. The van der Waals surface area contributed by atoms with Crippen molar-refractivity contribution in [3.63, 3.8) is 0 Å². The van der Waals surface area contributed by atoms with Crippen molar-refractivity contribution in [3.05, 3.63) is 24.3 Å². The van der Waals surface area contributed by atoms with E-state index in [1.54, 1.807) is 14.2 Å². The first kappa shape index (κ1) is 11.3. The van der Waals surface area contributed by atoms with E-state index in [1.807, 2.05) is 24.3 Å². The number of hydrogen-bond donors (Lipinski definition) is 1. The van der Waals surface area contributed by atoms with Gasteiger partial charge in [0.25, 0.3) is 0 Å². The van der Waals surface area contributed by atoms with Gasteiger partial charge >= 0.3 is 0 Å². The fourth-order valence-electron chi connectivity index (χ4n) is 1.88. The van der Waals surface area contributed by atoms with Gasteiger partial charge in [0.15, 0.2) is 0 Å². The fourth-order valence-corrected chi connectivity index (χ4v) is 1.88. The zero-order valence-corrected chi connectivity index (χ0v) is 9.90. The van der Waals surface area contributed by atoms with Gasteiger partial charge in [-0.1, -0.05) is 0 Å². The van der Waals surface area contributed by atoms with Crippen LogP contribution in [-0.4, -0.2) is 26.9 Å². The largest absolute Gasteiger partial charge is 0.497 e. The second-order valence-electron chi connectivity index (χ2n) is 4.27. The number of rotatable bonds is 6. The highest BCUT2D eigenvalue weighted by atomic mass is 16.5. The predicted octanol–water partition coefficient (Wildman–Crippen LogP) is 2.53. The van der Waals surface area contributed by atoms with Gasteiger partial charge < -0.3 is 14.8 Å². The average molecular weight is 221 g/mol. The highest BCUT2D eigenvalue weighted by Gasteiger charge is 2.30. The van der Waals surface area contributed by atoms with E-state index in [0.29, 0.717) is 6.04 Å². The van der Waals surface area contributed by atoms with Crippen molar-refractivity contribution in [2.75, 3.05) is 26.1 Å². The quantitative estimate of drug-likeness (QED) is 0.800. The Kier molecular flexibility index (Phi) is 3.67. The summed E-state index contributed by atoms with van der Waals surface area (Å²) in [6, 6.07) is 8.48. The number of benzene rings is 1. The van der Waals surface area contributed by atoms with Crippen LogP contribution in [0.5, 0.6) is 5.75 Å². The summed E-state index contributed by atoms with van der Waals surface area (Å²) in [4.78, 5) is 0. The zero-order valence-electron chi connectivity index (χ0n) is 9.90. The van der Waals surface area contributed by atoms with E-state index < -0.39 is 0 Å². The minimum atomic E-state index is 0.443. The first-order valence-corrected chi connectivity index (χ1v) is 5.73. The predicted molar refractivity (Wildman–Crippen MR) is 65.0 cm³/mol. The molecule has 0 heterocycles. The summed E-state index contributed by atoms with van der Waals surface area (Å²) in [6.07, 6.45) is 2.63. The molecule has 1 atom stereocenters. The van der Waals surface area contributed by atoms with Gasteiger partial charge in [0, 0.05) is 12.8 Å². The van der Waals surface area contributed by atoms with Crippen LogP contribution in [0.25, 0.3) is 0 Å². The van der Waals surface area contributed by atoms with Crippen LogP contribution in [0.1, 0.15) is 12.8 Å². The maximum Gasteiger partial charge on any atom is 0.119 e. The van der Waals surface area contributed by atoms with E-state index in [0.717, 1.165) is 24.0 Å². The number of ether oxygens (including phenoxy) is 2. The molecule has 1 aromatic rings. The molecule has 1 saturated carbocycles. The second kappa shape index (κ2) is 5.21. The molecular weight excluding hydrogens is 202 g/mol. The lowest BCUT2D eigenvalue weighted by atomic mass is 10.2. The Bertz CT molecular complexity index is 319. The highest BCUT2D eigenvalue weighted by molar-refractivity contribution is 5.47. The molecule has 0 amide bonds. The summed E-state index contributed by atoms with van der Waals surface area (Å²) in [7, 11) is 3.44. The van der Waals surface area contributed by atoms with Gasteiger partial charge in [-0.15, -0.1) is 0 Å². The van der Waals surface area contributed by atoms with Crippen molar-refractivity contribution < 1.29 is 9.47 Å². The minimum Gasteiger partial charge on any atom is -0.497 e. The Balaban J connectivity index is 1.94. The van der Waals surface area contributed by atoms with E-state index in [1.165, 1.54) is 12.8 Å². The summed E-state index contributed by atoms with van der Waals surface area (Å²) >= 11 is 0. The van der Waals surface area contributed by atoms with Gasteiger partial charge in [0.1, 0.15) is 5.75 Å². The summed E-state index contributed by atoms with van der Waals surface area (Å²) in [5, 5.41) is 3.51. The summed E-state index contributed by atoms with van der Waals surface area (Å²) in [5.41, 5.74) is 1.13. The van der Waals surface area contributed by atoms with Crippen LogP contribution in [0.15, 0.2) is 24.3 Å². The number of hydrogen-bond acceptors (Lipinski definition) is 3. The van der Waals surface area contributed by atoms with Crippen LogP contribution in [0.4, 0.5) is 5.69 Å². The Labute approximate surface area is 96.8 Å². The summed E-state index contributed by atoms with van der Waals surface area (Å²) < 4.78 is 10.4. The Morgan fingerprint density at radius 2 is 1.94 bits per heavy atom. The summed E-state index contributed by atoms with van der Waals surface area (Å²) in [5.74, 6) is 1.67. The molecule has 0 aliphatic heterocycles. The van der Waals surface area contributed by atoms with Crippen LogP contribution >= 0.6 is 0 Å². The van der Waals surface area contributed by atoms with Crippen molar-refractivity contribution in [1.29, 1.82) is 0 Å². The van der Waals surface area contributed by atoms with Gasteiger partial charge in [0.05, 0.1) is 19.8 Å². The monoisotopic (exact) mass is 221 g/mol. The molecule has 0 radical (unpaired) electrons. The highest BCUT2D eigenvalue weighted by Crippen LogP contribution is 2.34. The maximum atomic E-state index is 5.24. The van der Waals surface area contributed by atoms with Crippen molar-refractivity contribution in [1.82, 2.24) is 0 Å². The number of nitrogens with one attached hydrogen (secondary N) is 1. The molecule has 1 unspecified atom stereocenters. The average Bonchev–Trinajstić information content (AvgIpc) is 3.13. The van der Waals surface area contributed by atoms with Crippen molar-refractivity contribution in [3.8, 4) is 5.75 Å². The molecule has 3 nitrogen and oxygen atoms in total. The van der Waals surface area contributed by atoms with Crippen LogP contribution < -0.4 is 10.1 Å². The molecule has 0 saturated heterocycles. The maximum absolute atomic E-state index is 5.24. The Morgan fingerprint density at radius 3 is 2.44 bits per heavy atom. The molecular formula is C13H19NO2. The van der Waals surface area contributed by atoms with Gasteiger partial charge in [-0.05, 0) is 43.0 Å². The Morgan fingerprint density at radius 1 is 1.25 bits per heavy atom. The lowest BCUT2D eigenvalue weighted by Crippen LogP contribution is -2.27.